The summed E-state index contributed by atoms with van der Waals surface area (Å²) in [5.74, 6) is 0.0176. The minimum absolute atomic E-state index is 0.130. The topological polar surface area (TPSA) is 47.3 Å². The predicted octanol–water partition coefficient (Wildman–Crippen LogP) is 3.59. The standard InChI is InChI=1S/C16H13FN2O/c17-12-8-6-11(7-9-12)15-14(20)10-19(16(15)18)13-4-2-1-3-5-13/h1-9,18,20H,10H2. The molecular formula is C16H13FN2O. The van der Waals surface area contributed by atoms with E-state index >= 15 is 0 Å². The number of hydrogen-bond acceptors (Lipinski definition) is 2. The Morgan fingerprint density at radius 3 is 2.30 bits per heavy atom. The fraction of sp³-hybridized carbons (Fsp3) is 0.0625. The summed E-state index contributed by atoms with van der Waals surface area (Å²) < 4.78 is 13.0. The highest BCUT2D eigenvalue weighted by molar-refractivity contribution is 6.30. The molecule has 2 aromatic carbocycles. The fourth-order valence-corrected chi connectivity index (χ4v) is 2.33. The molecule has 100 valence electrons. The van der Waals surface area contributed by atoms with Crippen LogP contribution in [0, 0.1) is 11.2 Å². The molecule has 3 nitrogen and oxygen atoms in total. The van der Waals surface area contributed by atoms with E-state index in [1.807, 2.05) is 30.3 Å². The van der Waals surface area contributed by atoms with Gasteiger partial charge < -0.3 is 10.0 Å². The van der Waals surface area contributed by atoms with Crippen LogP contribution in [0.15, 0.2) is 60.4 Å². The first kappa shape index (κ1) is 12.4. The maximum Gasteiger partial charge on any atom is 0.137 e. The SMILES string of the molecule is N=C1C(c2ccc(F)cc2)=C(O)CN1c1ccccc1. The van der Waals surface area contributed by atoms with E-state index in [9.17, 15) is 9.50 Å². The monoisotopic (exact) mass is 268 g/mol. The van der Waals surface area contributed by atoms with Crippen LogP contribution in [0.5, 0.6) is 0 Å². The van der Waals surface area contributed by atoms with Gasteiger partial charge in [-0.25, -0.2) is 4.39 Å². The van der Waals surface area contributed by atoms with Gasteiger partial charge in [-0.05, 0) is 29.8 Å². The van der Waals surface area contributed by atoms with Crippen LogP contribution in [-0.2, 0) is 0 Å². The fourth-order valence-electron chi connectivity index (χ4n) is 2.33. The van der Waals surface area contributed by atoms with Gasteiger partial charge in [-0.15, -0.1) is 0 Å². The number of halogens is 1. The van der Waals surface area contributed by atoms with Crippen molar-refractivity contribution < 1.29 is 9.50 Å². The van der Waals surface area contributed by atoms with E-state index in [4.69, 9.17) is 5.41 Å². The van der Waals surface area contributed by atoms with E-state index in [0.717, 1.165) is 5.69 Å². The molecule has 0 aromatic heterocycles. The van der Waals surface area contributed by atoms with Crippen molar-refractivity contribution in [1.82, 2.24) is 0 Å². The quantitative estimate of drug-likeness (QED) is 0.874. The highest BCUT2D eigenvalue weighted by Gasteiger charge is 2.29. The maximum absolute atomic E-state index is 13.0. The average Bonchev–Trinajstić information content (AvgIpc) is 2.76. The minimum atomic E-state index is -0.335. The molecule has 0 atom stereocenters. The molecule has 2 aromatic rings. The molecule has 0 radical (unpaired) electrons. The summed E-state index contributed by atoms with van der Waals surface area (Å²) >= 11 is 0. The first-order valence-electron chi connectivity index (χ1n) is 6.26. The van der Waals surface area contributed by atoms with Crippen LogP contribution >= 0.6 is 0 Å². The number of rotatable bonds is 2. The molecule has 0 saturated heterocycles. The van der Waals surface area contributed by atoms with Crippen molar-refractivity contribution in [3.05, 3.63) is 71.7 Å². The molecule has 3 rings (SSSR count). The molecule has 0 spiro atoms. The first-order chi connectivity index (χ1) is 9.66. The van der Waals surface area contributed by atoms with Crippen molar-refractivity contribution in [2.75, 3.05) is 11.4 Å². The third kappa shape index (κ3) is 2.05. The summed E-state index contributed by atoms with van der Waals surface area (Å²) in [4.78, 5) is 1.72. The molecule has 20 heavy (non-hydrogen) atoms. The predicted molar refractivity (Wildman–Crippen MR) is 77.5 cm³/mol. The number of aliphatic hydroxyl groups excluding tert-OH is 1. The van der Waals surface area contributed by atoms with Gasteiger partial charge in [0.15, 0.2) is 0 Å². The number of nitrogens with one attached hydrogen (secondary N) is 1. The third-order valence-corrected chi connectivity index (χ3v) is 3.30. The van der Waals surface area contributed by atoms with Crippen molar-refractivity contribution in [2.24, 2.45) is 0 Å². The lowest BCUT2D eigenvalue weighted by Gasteiger charge is -2.18. The van der Waals surface area contributed by atoms with Gasteiger partial charge in [-0.2, -0.15) is 0 Å². The summed E-state index contributed by atoms with van der Waals surface area (Å²) in [6.07, 6.45) is 0. The number of aliphatic hydroxyl groups is 1. The van der Waals surface area contributed by atoms with Crippen molar-refractivity contribution >= 4 is 17.1 Å². The highest BCUT2D eigenvalue weighted by atomic mass is 19.1. The molecule has 0 fully saturated rings. The Labute approximate surface area is 116 Å². The Morgan fingerprint density at radius 2 is 1.65 bits per heavy atom. The molecule has 0 amide bonds. The Balaban J connectivity index is 1.96. The average molecular weight is 268 g/mol. The lowest BCUT2D eigenvalue weighted by Crippen LogP contribution is -2.25. The number of hydrogen-bond donors (Lipinski definition) is 2. The molecule has 2 N–H and O–H groups in total. The summed E-state index contributed by atoms with van der Waals surface area (Å²) in [7, 11) is 0. The molecule has 1 aliphatic heterocycles. The summed E-state index contributed by atoms with van der Waals surface area (Å²) in [5, 5.41) is 18.4. The second-order valence-electron chi connectivity index (χ2n) is 4.60. The zero-order valence-corrected chi connectivity index (χ0v) is 10.7. The van der Waals surface area contributed by atoms with E-state index in [1.54, 1.807) is 17.0 Å². The second kappa shape index (κ2) is 4.81. The van der Waals surface area contributed by atoms with Crippen molar-refractivity contribution in [2.45, 2.75) is 0 Å². The maximum atomic E-state index is 13.0. The normalized spacial score (nSPS) is 15.1. The van der Waals surface area contributed by atoms with Crippen molar-refractivity contribution in [3.63, 3.8) is 0 Å². The van der Waals surface area contributed by atoms with Gasteiger partial charge in [0.05, 0.1) is 12.1 Å². The van der Waals surface area contributed by atoms with Gasteiger partial charge in [-0.1, -0.05) is 30.3 Å². The number of para-hydroxylation sites is 1. The van der Waals surface area contributed by atoms with E-state index < -0.39 is 0 Å². The molecule has 0 aliphatic carbocycles. The van der Waals surface area contributed by atoms with E-state index in [-0.39, 0.29) is 24.0 Å². The Hall–Kier alpha value is -2.62. The zero-order valence-electron chi connectivity index (χ0n) is 10.7. The van der Waals surface area contributed by atoms with Gasteiger partial charge in [-0.3, -0.25) is 5.41 Å². The molecule has 0 unspecified atom stereocenters. The lowest BCUT2D eigenvalue weighted by atomic mass is 10.1. The Morgan fingerprint density at radius 1 is 1.00 bits per heavy atom. The van der Waals surface area contributed by atoms with Gasteiger partial charge in [0.25, 0.3) is 0 Å². The van der Waals surface area contributed by atoms with Crippen LogP contribution in [0.3, 0.4) is 0 Å². The van der Waals surface area contributed by atoms with Crippen LogP contribution in [0.1, 0.15) is 5.56 Å². The highest BCUT2D eigenvalue weighted by Crippen LogP contribution is 2.30. The van der Waals surface area contributed by atoms with Crippen molar-refractivity contribution in [3.8, 4) is 0 Å². The van der Waals surface area contributed by atoms with Gasteiger partial charge in [0.1, 0.15) is 17.4 Å². The molecular weight excluding hydrogens is 255 g/mol. The summed E-state index contributed by atoms with van der Waals surface area (Å²) in [6, 6.07) is 15.2. The number of amidine groups is 1. The van der Waals surface area contributed by atoms with Gasteiger partial charge in [0, 0.05) is 5.69 Å². The van der Waals surface area contributed by atoms with Crippen LogP contribution in [-0.4, -0.2) is 17.5 Å². The smallest absolute Gasteiger partial charge is 0.137 e. The third-order valence-electron chi connectivity index (χ3n) is 3.30. The van der Waals surface area contributed by atoms with Crippen LogP contribution in [0.25, 0.3) is 5.57 Å². The summed E-state index contributed by atoms with van der Waals surface area (Å²) in [6.45, 7) is 0.259. The minimum Gasteiger partial charge on any atom is -0.510 e. The van der Waals surface area contributed by atoms with Crippen LogP contribution in [0.2, 0.25) is 0 Å². The molecule has 1 aliphatic rings. The largest absolute Gasteiger partial charge is 0.510 e. The first-order valence-corrected chi connectivity index (χ1v) is 6.26. The molecule has 0 saturated carbocycles. The number of nitrogens with zero attached hydrogens (tertiary/aromatic N) is 1. The summed E-state index contributed by atoms with van der Waals surface area (Å²) in [5.41, 5.74) is 1.95. The number of benzene rings is 2. The zero-order chi connectivity index (χ0) is 14.1. The number of anilines is 1. The van der Waals surface area contributed by atoms with Crippen LogP contribution < -0.4 is 4.90 Å². The molecule has 4 heteroatoms. The van der Waals surface area contributed by atoms with Gasteiger partial charge in [0.2, 0.25) is 0 Å². The lowest BCUT2D eigenvalue weighted by molar-refractivity contribution is 0.411. The van der Waals surface area contributed by atoms with E-state index in [2.05, 4.69) is 0 Å². The van der Waals surface area contributed by atoms with E-state index in [1.165, 1.54) is 12.1 Å². The van der Waals surface area contributed by atoms with Crippen molar-refractivity contribution in [1.29, 1.82) is 5.41 Å². The van der Waals surface area contributed by atoms with E-state index in [0.29, 0.717) is 11.1 Å². The second-order valence-corrected chi connectivity index (χ2v) is 4.60. The molecule has 1 heterocycles. The van der Waals surface area contributed by atoms with Gasteiger partial charge >= 0.3 is 0 Å². The van der Waals surface area contributed by atoms with Crippen LogP contribution in [0.4, 0.5) is 10.1 Å². The Kier molecular flexibility index (Phi) is 2.99. The molecule has 0 bridgehead atoms. The Bertz CT molecular complexity index is 677.